The highest BCUT2D eigenvalue weighted by molar-refractivity contribution is 7.90. The van der Waals surface area contributed by atoms with Gasteiger partial charge in [-0.15, -0.1) is 0 Å². The lowest BCUT2D eigenvalue weighted by atomic mass is 13.9. The monoisotopic (exact) mass is 126 g/mol. The molecule has 0 saturated heterocycles. The number of hydrogen-bond donors (Lipinski definition) is 1. The number of nitrogens with two attached hydrogens (primary N) is 1. The van der Waals surface area contributed by atoms with Crippen LogP contribution in [0.2, 0.25) is 0 Å². The Kier molecular flexibility index (Phi) is 1.57. The summed E-state index contributed by atoms with van der Waals surface area (Å²) in [5.41, 5.74) is 0. The second-order valence-electron chi connectivity index (χ2n) is 0.590. The first kappa shape index (κ1) is 5.93. The Bertz CT molecular complexity index is 120. The second kappa shape index (κ2) is 1.59. The first-order valence-corrected chi connectivity index (χ1v) is 2.80. The van der Waals surface area contributed by atoms with Crippen molar-refractivity contribution in [2.45, 2.75) is 0 Å². The molecular weight excluding hydrogens is 124 g/mol. The standard InChI is InChI=1S/H2N2O2S2/c1-6(3,4)2-5/h(H2,1,3,4). The zero-order chi connectivity index (χ0) is 5.21. The molecular formula is H2N2O2S2. The van der Waals surface area contributed by atoms with Crippen LogP contribution in [0.3, 0.4) is 0 Å². The largest absolute Gasteiger partial charge is 0.328 e. The van der Waals surface area contributed by atoms with Crippen molar-refractivity contribution in [2.75, 3.05) is 0 Å². The first-order chi connectivity index (χ1) is 2.56. The lowest BCUT2D eigenvalue weighted by molar-refractivity contribution is 0.600. The molecule has 0 aliphatic rings. The molecule has 0 heterocycles. The van der Waals surface area contributed by atoms with Gasteiger partial charge in [-0.2, -0.15) is 8.42 Å². The molecule has 36 valence electrons. The van der Waals surface area contributed by atoms with Crippen LogP contribution in [-0.4, -0.2) is 8.42 Å². The van der Waals surface area contributed by atoms with Crippen molar-refractivity contribution in [3.8, 4) is 0 Å². The van der Waals surface area contributed by atoms with Gasteiger partial charge in [0.05, 0.1) is 12.4 Å². The van der Waals surface area contributed by atoms with Crippen LogP contribution in [0.1, 0.15) is 0 Å². The third-order valence-electron chi connectivity index (χ3n) is 0.104. The Morgan fingerprint density at radius 2 is 1.83 bits per heavy atom. The maximum atomic E-state index is 9.51. The Morgan fingerprint density at radius 3 is 1.83 bits per heavy atom. The van der Waals surface area contributed by atoms with E-state index >= 15 is 0 Å². The van der Waals surface area contributed by atoms with E-state index in [4.69, 9.17) is 0 Å². The molecule has 0 fully saturated rings. The Morgan fingerprint density at radius 1 is 1.67 bits per heavy atom. The minimum absolute atomic E-state index is 2.35. The van der Waals surface area contributed by atoms with Gasteiger partial charge in [0.2, 0.25) is 0 Å². The molecule has 0 aliphatic heterocycles. The molecule has 0 aliphatic carbocycles. The van der Waals surface area contributed by atoms with Crippen LogP contribution in [0.25, 0.3) is 0 Å². The molecule has 4 nitrogen and oxygen atoms in total. The predicted molar refractivity (Wildman–Crippen MR) is 22.9 cm³/mol. The lowest BCUT2D eigenvalue weighted by Crippen LogP contribution is -2.05. The van der Waals surface area contributed by atoms with Crippen molar-refractivity contribution in [3.05, 3.63) is 0 Å². The van der Waals surface area contributed by atoms with Crippen molar-refractivity contribution in [2.24, 2.45) is 8.91 Å². The molecule has 0 atom stereocenters. The van der Waals surface area contributed by atoms with E-state index in [0.717, 1.165) is 0 Å². The van der Waals surface area contributed by atoms with E-state index in [9.17, 15) is 8.42 Å². The third-order valence-corrected chi connectivity index (χ3v) is 0.935. The number of nitrogens with zero attached hydrogens (tertiary/aromatic N) is 1. The van der Waals surface area contributed by atoms with E-state index in [-0.39, 0.29) is 0 Å². The summed E-state index contributed by atoms with van der Waals surface area (Å²) in [4.78, 5) is 0. The van der Waals surface area contributed by atoms with Gasteiger partial charge < -0.3 is 0 Å². The summed E-state index contributed by atoms with van der Waals surface area (Å²) in [6.45, 7) is 0. The fourth-order valence-electron chi connectivity index (χ4n) is 0. The molecule has 0 aromatic carbocycles. The van der Waals surface area contributed by atoms with Crippen molar-refractivity contribution in [1.29, 1.82) is 0 Å². The first-order valence-electron chi connectivity index (χ1n) is 0.934. The van der Waals surface area contributed by atoms with E-state index in [0.29, 0.717) is 0 Å². The molecule has 6 heteroatoms. The molecule has 0 aromatic rings. The van der Waals surface area contributed by atoms with Gasteiger partial charge in [-0.25, -0.2) is 5.14 Å². The maximum Gasteiger partial charge on any atom is 0.328 e. The summed E-state index contributed by atoms with van der Waals surface area (Å²) in [6.07, 6.45) is 0. The van der Waals surface area contributed by atoms with Crippen LogP contribution in [0, 0.1) is 0 Å². The van der Waals surface area contributed by atoms with Crippen molar-refractivity contribution in [3.63, 3.8) is 0 Å². The summed E-state index contributed by atoms with van der Waals surface area (Å²) < 4.78 is 21.4. The van der Waals surface area contributed by atoms with Gasteiger partial charge in [0, 0.05) is 0 Å². The molecule has 6 heavy (non-hydrogen) atoms. The minimum atomic E-state index is -3.72. The van der Waals surface area contributed by atoms with E-state index in [1.54, 1.807) is 0 Å². The van der Waals surface area contributed by atoms with Crippen LogP contribution < -0.4 is 5.14 Å². The summed E-state index contributed by atoms with van der Waals surface area (Å²) >= 11 is 3.70. The molecule has 0 spiro atoms. The molecule has 0 saturated carbocycles. The Labute approximate surface area is 40.7 Å². The van der Waals surface area contributed by atoms with Crippen molar-refractivity contribution in [1.82, 2.24) is 0 Å². The molecule has 0 bridgehead atoms. The zero-order valence-corrected chi connectivity index (χ0v) is 4.29. The van der Waals surface area contributed by atoms with E-state index < -0.39 is 10.2 Å². The third kappa shape index (κ3) is 3.93. The van der Waals surface area contributed by atoms with Crippen LogP contribution >= 0.6 is 0 Å². The van der Waals surface area contributed by atoms with Crippen molar-refractivity contribution >= 4 is 22.6 Å². The van der Waals surface area contributed by atoms with Crippen molar-refractivity contribution < 1.29 is 8.42 Å². The summed E-state index contributed by atoms with van der Waals surface area (Å²) in [5.74, 6) is 0. The fraction of sp³-hybridized carbons (Fsp3) is 0. The topological polar surface area (TPSA) is 72.5 Å². The number of rotatable bonds is 1. The van der Waals surface area contributed by atoms with Gasteiger partial charge in [0.15, 0.2) is 0 Å². The van der Waals surface area contributed by atoms with Gasteiger partial charge in [-0.1, -0.05) is 3.77 Å². The van der Waals surface area contributed by atoms with Gasteiger partial charge in [0.1, 0.15) is 0 Å². The average molecular weight is 126 g/mol. The quantitative estimate of drug-likeness (QED) is 0.485. The molecule has 0 rings (SSSR count). The normalized spacial score (nSPS) is 10.8. The maximum absolute atomic E-state index is 9.51. The predicted octanol–water partition coefficient (Wildman–Crippen LogP) is -1.08. The van der Waals surface area contributed by atoms with Gasteiger partial charge in [-0.3, -0.25) is 0 Å². The number of hydrogen-bond acceptors (Lipinski definition) is 3. The SMILES string of the molecule is NS(=O)(=O)N=S. The zero-order valence-electron chi connectivity index (χ0n) is 2.66. The van der Waals surface area contributed by atoms with Crippen LogP contribution in [-0.2, 0) is 22.6 Å². The molecule has 0 unspecified atom stereocenters. The Balaban J connectivity index is 4.25. The van der Waals surface area contributed by atoms with E-state index in [2.05, 4.69) is 21.3 Å². The highest BCUT2D eigenvalue weighted by Gasteiger charge is 1.88. The highest BCUT2D eigenvalue weighted by atomic mass is 32.2. The van der Waals surface area contributed by atoms with Gasteiger partial charge in [-0.05, 0) is 0 Å². The van der Waals surface area contributed by atoms with Crippen LogP contribution in [0.15, 0.2) is 3.77 Å². The van der Waals surface area contributed by atoms with E-state index in [1.807, 2.05) is 0 Å². The minimum Gasteiger partial charge on any atom is -0.209 e. The second-order valence-corrected chi connectivity index (χ2v) is 2.22. The molecule has 0 radical (unpaired) electrons. The summed E-state index contributed by atoms with van der Waals surface area (Å²) in [6, 6.07) is 0. The summed E-state index contributed by atoms with van der Waals surface area (Å²) in [5, 5.41) is 4.24. The van der Waals surface area contributed by atoms with Crippen LogP contribution in [0.5, 0.6) is 0 Å². The van der Waals surface area contributed by atoms with Gasteiger partial charge in [0.25, 0.3) is 0 Å². The highest BCUT2D eigenvalue weighted by Crippen LogP contribution is 1.69. The Hall–Kier alpha value is -0.0700. The average Bonchev–Trinajstić information content (AvgIpc) is 1.35. The molecule has 2 N–H and O–H groups in total. The van der Waals surface area contributed by atoms with Gasteiger partial charge >= 0.3 is 10.2 Å². The molecule has 0 amide bonds. The van der Waals surface area contributed by atoms with Crippen LogP contribution in [0.4, 0.5) is 0 Å². The molecule has 0 aromatic heterocycles. The fourth-order valence-corrected chi connectivity index (χ4v) is 0. The smallest absolute Gasteiger partial charge is 0.209 e. The summed E-state index contributed by atoms with van der Waals surface area (Å²) in [7, 11) is -3.72. The lowest BCUT2D eigenvalue weighted by Gasteiger charge is -1.72. The van der Waals surface area contributed by atoms with E-state index in [1.165, 1.54) is 0 Å².